The molecule has 0 unspecified atom stereocenters. The Morgan fingerprint density at radius 3 is 2.79 bits per heavy atom. The molecule has 0 aliphatic carbocycles. The van der Waals surface area contributed by atoms with Crippen LogP contribution in [0, 0.1) is 5.82 Å². The lowest BCUT2D eigenvalue weighted by Gasteiger charge is -2.19. The number of rotatable bonds is 5. The monoisotopic (exact) mass is 324 g/mol. The number of carbonyl (C=O) groups is 1. The predicted molar refractivity (Wildman–Crippen MR) is 95.4 cm³/mol. The molecular weight excluding hydrogens is 303 g/mol. The maximum Gasteiger partial charge on any atom is 0.246 e. The van der Waals surface area contributed by atoms with Crippen LogP contribution in [0.4, 0.5) is 10.1 Å². The number of carbonyl (C=O) groups excluding carboxylic acids is 1. The molecule has 1 aliphatic rings. The van der Waals surface area contributed by atoms with Crippen LogP contribution in [0.2, 0.25) is 0 Å². The lowest BCUT2D eigenvalue weighted by atomic mass is 10.1. The molecule has 2 aromatic rings. The van der Waals surface area contributed by atoms with E-state index in [-0.39, 0.29) is 11.7 Å². The Balaban J connectivity index is 1.54. The maximum atomic E-state index is 13.6. The van der Waals surface area contributed by atoms with E-state index in [4.69, 9.17) is 0 Å². The summed E-state index contributed by atoms with van der Waals surface area (Å²) >= 11 is 0. The van der Waals surface area contributed by atoms with Gasteiger partial charge < -0.3 is 10.2 Å². The van der Waals surface area contributed by atoms with Crippen LogP contribution in [-0.2, 0) is 11.2 Å². The van der Waals surface area contributed by atoms with E-state index in [9.17, 15) is 9.18 Å². The molecule has 0 saturated carbocycles. The van der Waals surface area contributed by atoms with E-state index in [1.807, 2.05) is 6.07 Å². The first-order valence-electron chi connectivity index (χ1n) is 8.19. The van der Waals surface area contributed by atoms with Gasteiger partial charge in [0.2, 0.25) is 5.91 Å². The molecule has 0 bridgehead atoms. The Bertz CT molecular complexity index is 770. The van der Waals surface area contributed by atoms with Gasteiger partial charge >= 0.3 is 0 Å². The van der Waals surface area contributed by atoms with E-state index < -0.39 is 0 Å². The highest BCUT2D eigenvalue weighted by Crippen LogP contribution is 2.26. The normalized spacial score (nSPS) is 13.8. The van der Waals surface area contributed by atoms with E-state index in [0.29, 0.717) is 17.7 Å². The lowest BCUT2D eigenvalue weighted by Crippen LogP contribution is -2.34. The second-order valence-corrected chi connectivity index (χ2v) is 5.97. The van der Waals surface area contributed by atoms with Crippen molar-refractivity contribution in [1.29, 1.82) is 0 Å². The van der Waals surface area contributed by atoms with Crippen LogP contribution < -0.4 is 10.2 Å². The van der Waals surface area contributed by atoms with Gasteiger partial charge in [0.1, 0.15) is 5.82 Å². The van der Waals surface area contributed by atoms with Gasteiger partial charge in [-0.15, -0.1) is 0 Å². The largest absolute Gasteiger partial charge is 0.369 e. The highest BCUT2D eigenvalue weighted by Gasteiger charge is 2.17. The van der Waals surface area contributed by atoms with E-state index in [2.05, 4.69) is 28.4 Å². The number of hydrogen-bond donors (Lipinski definition) is 1. The van der Waals surface area contributed by atoms with Crippen molar-refractivity contribution in [2.24, 2.45) is 0 Å². The number of hydrogen-bond acceptors (Lipinski definition) is 2. The zero-order valence-electron chi connectivity index (χ0n) is 13.8. The Morgan fingerprint density at radius 2 is 1.96 bits per heavy atom. The minimum atomic E-state index is -0.321. The number of benzene rings is 2. The minimum absolute atomic E-state index is 0.161. The van der Waals surface area contributed by atoms with Gasteiger partial charge in [-0.2, -0.15) is 0 Å². The quantitative estimate of drug-likeness (QED) is 0.855. The lowest BCUT2D eigenvalue weighted by molar-refractivity contribution is -0.117. The first-order chi connectivity index (χ1) is 11.6. The number of nitrogens with zero attached hydrogens (tertiary/aromatic N) is 1. The molecule has 0 saturated heterocycles. The predicted octanol–water partition coefficient (Wildman–Crippen LogP) is 3.41. The number of para-hydroxylation sites is 1. The number of fused-ring (bicyclic) bond motifs is 1. The number of anilines is 1. The zero-order valence-corrected chi connectivity index (χ0v) is 13.8. The molecule has 3 rings (SSSR count). The van der Waals surface area contributed by atoms with Crippen LogP contribution in [-0.4, -0.2) is 25.5 Å². The van der Waals surface area contributed by atoms with Crippen molar-refractivity contribution in [3.05, 3.63) is 71.0 Å². The van der Waals surface area contributed by atoms with Crippen LogP contribution in [0.1, 0.15) is 18.1 Å². The number of nitrogens with one attached hydrogen (secondary N) is 1. The Labute approximate surface area is 141 Å². The summed E-state index contributed by atoms with van der Waals surface area (Å²) in [5, 5.41) is 2.91. The van der Waals surface area contributed by atoms with Crippen LogP contribution in [0.25, 0.3) is 6.08 Å². The van der Waals surface area contributed by atoms with Crippen LogP contribution >= 0.6 is 0 Å². The van der Waals surface area contributed by atoms with Crippen molar-refractivity contribution in [2.45, 2.75) is 13.3 Å². The van der Waals surface area contributed by atoms with Crippen molar-refractivity contribution in [3.63, 3.8) is 0 Å². The molecular formula is C20H21FN2O. The topological polar surface area (TPSA) is 32.3 Å². The summed E-state index contributed by atoms with van der Waals surface area (Å²) in [6.45, 7) is 4.03. The first kappa shape index (κ1) is 16.2. The summed E-state index contributed by atoms with van der Waals surface area (Å²) in [6, 6.07) is 14.8. The van der Waals surface area contributed by atoms with Crippen molar-refractivity contribution >= 4 is 17.7 Å². The van der Waals surface area contributed by atoms with Gasteiger partial charge in [0.05, 0.1) is 0 Å². The molecule has 124 valence electrons. The second-order valence-electron chi connectivity index (χ2n) is 5.97. The molecule has 2 aromatic carbocycles. The van der Waals surface area contributed by atoms with Gasteiger partial charge in [0.25, 0.3) is 0 Å². The van der Waals surface area contributed by atoms with Gasteiger partial charge in [0, 0.05) is 36.5 Å². The Kier molecular flexibility index (Phi) is 4.94. The summed E-state index contributed by atoms with van der Waals surface area (Å²) in [4.78, 5) is 14.4. The molecule has 0 radical (unpaired) electrons. The van der Waals surface area contributed by atoms with Gasteiger partial charge in [-0.25, -0.2) is 4.39 Å². The highest BCUT2D eigenvalue weighted by atomic mass is 19.1. The smallest absolute Gasteiger partial charge is 0.246 e. The van der Waals surface area contributed by atoms with Crippen LogP contribution in [0.3, 0.4) is 0 Å². The standard InChI is InChI=1S/C20H21FN2O/c1-15(14-17-7-2-4-8-18(17)21)20(24)22-11-13-23-12-10-16-6-3-5-9-19(16)23/h2-9,14H,10-13H2,1H3,(H,22,24)/b15-14+. The number of halogens is 1. The average Bonchev–Trinajstić information content (AvgIpc) is 3.00. The molecule has 4 heteroatoms. The maximum absolute atomic E-state index is 13.6. The molecule has 3 nitrogen and oxygen atoms in total. The van der Waals surface area contributed by atoms with Crippen molar-refractivity contribution in [1.82, 2.24) is 5.32 Å². The fourth-order valence-corrected chi connectivity index (χ4v) is 2.97. The third-order valence-electron chi connectivity index (χ3n) is 4.29. The third-order valence-corrected chi connectivity index (χ3v) is 4.29. The first-order valence-corrected chi connectivity index (χ1v) is 8.19. The summed E-state index contributed by atoms with van der Waals surface area (Å²) in [6.07, 6.45) is 2.63. The highest BCUT2D eigenvalue weighted by molar-refractivity contribution is 5.97. The summed E-state index contributed by atoms with van der Waals surface area (Å²) in [5.74, 6) is -0.482. The molecule has 0 fully saturated rings. The molecule has 1 heterocycles. The van der Waals surface area contributed by atoms with Gasteiger partial charge in [-0.1, -0.05) is 36.4 Å². The molecule has 0 atom stereocenters. The van der Waals surface area contributed by atoms with Gasteiger partial charge in [-0.3, -0.25) is 4.79 Å². The molecule has 1 amide bonds. The second kappa shape index (κ2) is 7.30. The minimum Gasteiger partial charge on any atom is -0.369 e. The SMILES string of the molecule is C/C(=C\c1ccccc1F)C(=O)NCCN1CCc2ccccc21. The Hall–Kier alpha value is -2.62. The molecule has 24 heavy (non-hydrogen) atoms. The molecule has 0 spiro atoms. The van der Waals surface area contributed by atoms with Crippen LogP contribution in [0.15, 0.2) is 54.1 Å². The zero-order chi connectivity index (χ0) is 16.9. The summed E-state index contributed by atoms with van der Waals surface area (Å²) in [5.41, 5.74) is 3.55. The van der Waals surface area contributed by atoms with E-state index in [0.717, 1.165) is 19.5 Å². The summed E-state index contributed by atoms with van der Waals surface area (Å²) in [7, 11) is 0. The summed E-state index contributed by atoms with van der Waals surface area (Å²) < 4.78 is 13.6. The fraction of sp³-hybridized carbons (Fsp3) is 0.250. The van der Waals surface area contributed by atoms with E-state index in [1.165, 1.54) is 17.3 Å². The average molecular weight is 324 g/mol. The van der Waals surface area contributed by atoms with Crippen LogP contribution in [0.5, 0.6) is 0 Å². The van der Waals surface area contributed by atoms with E-state index in [1.54, 1.807) is 31.2 Å². The number of amides is 1. The Morgan fingerprint density at radius 1 is 1.21 bits per heavy atom. The fourth-order valence-electron chi connectivity index (χ4n) is 2.97. The molecule has 1 N–H and O–H groups in total. The third kappa shape index (κ3) is 3.65. The molecule has 0 aromatic heterocycles. The van der Waals surface area contributed by atoms with Crippen molar-refractivity contribution < 1.29 is 9.18 Å². The molecule has 1 aliphatic heterocycles. The van der Waals surface area contributed by atoms with Gasteiger partial charge in [0.15, 0.2) is 0 Å². The van der Waals surface area contributed by atoms with E-state index >= 15 is 0 Å². The van der Waals surface area contributed by atoms with Gasteiger partial charge in [-0.05, 0) is 37.1 Å². The van der Waals surface area contributed by atoms with Crippen molar-refractivity contribution in [2.75, 3.05) is 24.5 Å². The van der Waals surface area contributed by atoms with Crippen molar-refractivity contribution in [3.8, 4) is 0 Å².